The fraction of sp³-hybridized carbons (Fsp3) is 0.208. The van der Waals surface area contributed by atoms with Crippen LogP contribution in [0.4, 0.5) is 39.8 Å². The molecule has 57 heavy (non-hydrogen) atoms. The lowest BCUT2D eigenvalue weighted by molar-refractivity contribution is 0.476. The van der Waals surface area contributed by atoms with E-state index in [1.54, 1.807) is 0 Å². The van der Waals surface area contributed by atoms with Crippen molar-refractivity contribution in [3.63, 3.8) is 0 Å². The van der Waals surface area contributed by atoms with Crippen molar-refractivity contribution < 1.29 is 4.74 Å². The molecule has 0 unspecified atom stereocenters. The lowest BCUT2D eigenvalue weighted by Gasteiger charge is -2.47. The molecule has 0 spiro atoms. The minimum atomic E-state index is -0.243. The van der Waals surface area contributed by atoms with E-state index in [4.69, 9.17) is 4.74 Å². The molecular formula is C53H49N3O. The summed E-state index contributed by atoms with van der Waals surface area (Å²) in [5.74, 6) is 1.75. The van der Waals surface area contributed by atoms with Gasteiger partial charge >= 0.3 is 0 Å². The number of ether oxygens (including phenoxy) is 1. The lowest BCUT2D eigenvalue weighted by Crippen LogP contribution is -2.40. The highest BCUT2D eigenvalue weighted by atomic mass is 16.5. The van der Waals surface area contributed by atoms with Gasteiger partial charge in [-0.3, -0.25) is 0 Å². The second-order valence-corrected chi connectivity index (χ2v) is 16.9. The van der Waals surface area contributed by atoms with E-state index in [1.165, 1.54) is 67.3 Å². The van der Waals surface area contributed by atoms with Gasteiger partial charge in [-0.05, 0) is 128 Å². The molecule has 7 aromatic carbocycles. The van der Waals surface area contributed by atoms with Crippen LogP contribution in [0.1, 0.15) is 64.8 Å². The van der Waals surface area contributed by atoms with E-state index >= 15 is 0 Å². The zero-order chi connectivity index (χ0) is 39.1. The first-order valence-corrected chi connectivity index (χ1v) is 20.3. The Balaban J connectivity index is 1.02. The molecule has 0 saturated heterocycles. The van der Waals surface area contributed by atoms with Gasteiger partial charge in [-0.2, -0.15) is 0 Å². The van der Waals surface area contributed by atoms with Gasteiger partial charge in [-0.15, -0.1) is 0 Å². The Morgan fingerprint density at radius 2 is 0.982 bits per heavy atom. The molecule has 282 valence electrons. The molecule has 0 aromatic heterocycles. The molecule has 3 aliphatic rings. The third-order valence-corrected chi connectivity index (χ3v) is 13.1. The van der Waals surface area contributed by atoms with Crippen LogP contribution in [0, 0.1) is 20.8 Å². The number of aryl methyl sites for hydroxylation is 3. The van der Waals surface area contributed by atoms with Crippen LogP contribution >= 0.6 is 0 Å². The van der Waals surface area contributed by atoms with Crippen LogP contribution in [0.3, 0.4) is 0 Å². The van der Waals surface area contributed by atoms with Crippen molar-refractivity contribution in [2.24, 2.45) is 0 Å². The minimum absolute atomic E-state index is 0.155. The number of para-hydroxylation sites is 4. The predicted octanol–water partition coefficient (Wildman–Crippen LogP) is 13.7. The summed E-state index contributed by atoms with van der Waals surface area (Å²) in [6.45, 7) is 12.4. The summed E-state index contributed by atoms with van der Waals surface area (Å²) in [6, 6.07) is 56.2. The third-order valence-electron chi connectivity index (χ3n) is 13.1. The zero-order valence-electron chi connectivity index (χ0n) is 33.8. The highest BCUT2D eigenvalue weighted by Gasteiger charge is 2.43. The third kappa shape index (κ3) is 5.56. The maximum Gasteiger partial charge on any atom is 0.151 e. The number of fused-ring (bicyclic) bond motifs is 6. The fourth-order valence-electron chi connectivity index (χ4n) is 10.0. The van der Waals surface area contributed by atoms with E-state index in [9.17, 15) is 0 Å². The molecule has 0 bridgehead atoms. The molecule has 0 atom stereocenters. The van der Waals surface area contributed by atoms with Crippen molar-refractivity contribution in [1.29, 1.82) is 0 Å². The van der Waals surface area contributed by atoms with Crippen LogP contribution in [0.2, 0.25) is 0 Å². The highest BCUT2D eigenvalue weighted by Crippen LogP contribution is 2.55. The number of hydrogen-bond acceptors (Lipinski definition) is 4. The van der Waals surface area contributed by atoms with Crippen molar-refractivity contribution in [3.8, 4) is 11.5 Å². The van der Waals surface area contributed by atoms with Gasteiger partial charge in [0, 0.05) is 52.9 Å². The van der Waals surface area contributed by atoms with Gasteiger partial charge in [-0.25, -0.2) is 0 Å². The summed E-state index contributed by atoms with van der Waals surface area (Å²) < 4.78 is 6.39. The molecule has 0 N–H and O–H groups in total. The molecule has 0 saturated carbocycles. The number of benzene rings is 7. The molecule has 0 radical (unpaired) electrons. The molecule has 3 aliphatic heterocycles. The van der Waals surface area contributed by atoms with Gasteiger partial charge in [0.2, 0.25) is 0 Å². The van der Waals surface area contributed by atoms with E-state index in [1.807, 2.05) is 6.07 Å². The highest BCUT2D eigenvalue weighted by molar-refractivity contribution is 5.87. The van der Waals surface area contributed by atoms with Crippen molar-refractivity contribution >= 4 is 39.8 Å². The molecule has 4 heteroatoms. The summed E-state index contributed by atoms with van der Waals surface area (Å²) in [5, 5.41) is 0. The Morgan fingerprint density at radius 1 is 0.474 bits per heavy atom. The van der Waals surface area contributed by atoms with E-state index in [-0.39, 0.29) is 10.8 Å². The van der Waals surface area contributed by atoms with Gasteiger partial charge in [0.05, 0.1) is 11.4 Å². The second kappa shape index (κ2) is 13.2. The second-order valence-electron chi connectivity index (χ2n) is 16.9. The summed E-state index contributed by atoms with van der Waals surface area (Å²) in [5.41, 5.74) is 18.7. The first-order valence-electron chi connectivity index (χ1n) is 20.3. The zero-order valence-corrected chi connectivity index (χ0v) is 33.8. The van der Waals surface area contributed by atoms with Crippen LogP contribution in [0.25, 0.3) is 0 Å². The van der Waals surface area contributed by atoms with E-state index in [0.717, 1.165) is 47.9 Å². The maximum atomic E-state index is 6.39. The molecule has 0 fully saturated rings. The van der Waals surface area contributed by atoms with Crippen LogP contribution in [-0.2, 0) is 17.3 Å². The Bertz CT molecular complexity index is 2590. The van der Waals surface area contributed by atoms with Crippen LogP contribution in [-0.4, -0.2) is 13.6 Å². The minimum Gasteiger partial charge on any atom is -0.453 e. The standard InChI is InChI=1S/C53H49N3O/c1-35-19-26-46-42(31-35)53(5,34-38-22-24-39(25-23-38)56-48-17-11-12-18-50(48)57-51-33-37(3)21-28-49(51)56)43-32-36(2)20-27-47(43)55(46)30-29-52(4)40-13-7-9-15-44(40)54(6)45-16-10-8-14-41(45)52/h7-28,31-33H,29-30,34H2,1-6H3. The molecule has 7 aromatic rings. The topological polar surface area (TPSA) is 19.0 Å². The normalized spacial score (nSPS) is 15.4. The van der Waals surface area contributed by atoms with E-state index < -0.39 is 0 Å². The maximum absolute atomic E-state index is 6.39. The van der Waals surface area contributed by atoms with E-state index in [2.05, 4.69) is 202 Å². The number of nitrogens with zero attached hydrogens (tertiary/aromatic N) is 3. The van der Waals surface area contributed by atoms with Crippen LogP contribution < -0.4 is 19.4 Å². The molecule has 10 rings (SSSR count). The lowest BCUT2D eigenvalue weighted by atomic mass is 9.67. The molecule has 4 nitrogen and oxygen atoms in total. The monoisotopic (exact) mass is 743 g/mol. The van der Waals surface area contributed by atoms with Crippen molar-refractivity contribution in [2.45, 2.75) is 58.3 Å². The first kappa shape index (κ1) is 35.2. The number of hydrogen-bond donors (Lipinski definition) is 0. The van der Waals surface area contributed by atoms with Gasteiger partial charge < -0.3 is 19.4 Å². The first-order chi connectivity index (χ1) is 27.6. The summed E-state index contributed by atoms with van der Waals surface area (Å²) in [7, 11) is 2.20. The van der Waals surface area contributed by atoms with Gasteiger partial charge in [-0.1, -0.05) is 116 Å². The van der Waals surface area contributed by atoms with E-state index in [0.29, 0.717) is 0 Å². The number of anilines is 7. The van der Waals surface area contributed by atoms with Gasteiger partial charge in [0.25, 0.3) is 0 Å². The Morgan fingerprint density at radius 3 is 1.60 bits per heavy atom. The summed E-state index contributed by atoms with van der Waals surface area (Å²) >= 11 is 0. The largest absolute Gasteiger partial charge is 0.453 e. The Labute approximate surface area is 337 Å². The summed E-state index contributed by atoms with van der Waals surface area (Å²) in [6.07, 6.45) is 1.86. The molecular weight excluding hydrogens is 695 g/mol. The van der Waals surface area contributed by atoms with Crippen LogP contribution in [0.5, 0.6) is 11.5 Å². The summed E-state index contributed by atoms with van der Waals surface area (Å²) in [4.78, 5) is 7.32. The Hall–Kier alpha value is -6.26. The number of rotatable bonds is 6. The van der Waals surface area contributed by atoms with Gasteiger partial charge in [0.1, 0.15) is 0 Å². The SMILES string of the molecule is Cc1ccc2c(c1)Oc1ccccc1N2c1ccc(CC2(C)c3cc(C)ccc3N(CCC3(C)c4ccccc4N(C)c4ccccc43)c3ccc(C)cc32)cc1. The van der Waals surface area contributed by atoms with Crippen molar-refractivity contribution in [3.05, 3.63) is 196 Å². The molecule has 0 amide bonds. The van der Waals surface area contributed by atoms with Crippen molar-refractivity contribution in [2.75, 3.05) is 28.3 Å². The molecule has 0 aliphatic carbocycles. The fourth-order valence-corrected chi connectivity index (χ4v) is 10.0. The van der Waals surface area contributed by atoms with Crippen molar-refractivity contribution in [1.82, 2.24) is 0 Å². The average molecular weight is 744 g/mol. The smallest absolute Gasteiger partial charge is 0.151 e. The van der Waals surface area contributed by atoms with Gasteiger partial charge in [0.15, 0.2) is 11.5 Å². The van der Waals surface area contributed by atoms with Crippen LogP contribution in [0.15, 0.2) is 152 Å². The Kier molecular flexibility index (Phi) is 8.12. The quantitative estimate of drug-likeness (QED) is 0.169. The molecule has 3 heterocycles. The predicted molar refractivity (Wildman–Crippen MR) is 237 cm³/mol. The average Bonchev–Trinajstić information content (AvgIpc) is 3.23.